The first-order valence-electron chi connectivity index (χ1n) is 8.31. The SMILES string of the molecule is CN/C=C(/B1OC(C)(C)C(C)(C)O1)C(=N)COC1CCCCO1. The van der Waals surface area contributed by atoms with Crippen LogP contribution in [0.5, 0.6) is 0 Å². The Morgan fingerprint density at radius 3 is 2.43 bits per heavy atom. The molecule has 2 saturated heterocycles. The summed E-state index contributed by atoms with van der Waals surface area (Å²) in [5.41, 5.74) is 0.130. The van der Waals surface area contributed by atoms with Crippen LogP contribution in [0, 0.1) is 5.41 Å². The van der Waals surface area contributed by atoms with Gasteiger partial charge in [0.05, 0.1) is 23.5 Å². The molecule has 0 bridgehead atoms. The van der Waals surface area contributed by atoms with Crippen molar-refractivity contribution in [2.24, 2.45) is 0 Å². The third-order valence-corrected chi connectivity index (χ3v) is 4.71. The van der Waals surface area contributed by atoms with Gasteiger partial charge in [-0.25, -0.2) is 0 Å². The average Bonchev–Trinajstić information content (AvgIpc) is 2.71. The van der Waals surface area contributed by atoms with Gasteiger partial charge in [0.15, 0.2) is 6.29 Å². The van der Waals surface area contributed by atoms with Crippen molar-refractivity contribution in [2.75, 3.05) is 20.3 Å². The van der Waals surface area contributed by atoms with Crippen LogP contribution >= 0.6 is 0 Å². The summed E-state index contributed by atoms with van der Waals surface area (Å²) in [6.07, 6.45) is 4.60. The second kappa shape index (κ2) is 7.34. The molecule has 2 fully saturated rings. The van der Waals surface area contributed by atoms with Crippen LogP contribution in [0.1, 0.15) is 47.0 Å². The minimum absolute atomic E-state index is 0.183. The number of hydrogen-bond donors (Lipinski definition) is 2. The van der Waals surface area contributed by atoms with Crippen LogP contribution < -0.4 is 5.32 Å². The number of nitrogens with one attached hydrogen (secondary N) is 2. The highest BCUT2D eigenvalue weighted by atomic mass is 16.7. The molecule has 2 aliphatic heterocycles. The Bertz CT molecular complexity index is 443. The third kappa shape index (κ3) is 4.35. The van der Waals surface area contributed by atoms with E-state index in [2.05, 4.69) is 5.32 Å². The summed E-state index contributed by atoms with van der Waals surface area (Å²) in [5, 5.41) is 11.3. The fourth-order valence-electron chi connectivity index (χ4n) is 2.53. The minimum Gasteiger partial charge on any atom is -0.399 e. The van der Waals surface area contributed by atoms with E-state index in [1.165, 1.54) is 0 Å². The zero-order valence-corrected chi connectivity index (χ0v) is 14.9. The van der Waals surface area contributed by atoms with E-state index in [-0.39, 0.29) is 12.9 Å². The van der Waals surface area contributed by atoms with Gasteiger partial charge >= 0.3 is 7.12 Å². The summed E-state index contributed by atoms with van der Waals surface area (Å²) in [6.45, 7) is 8.91. The van der Waals surface area contributed by atoms with Gasteiger partial charge in [0.2, 0.25) is 0 Å². The fourth-order valence-corrected chi connectivity index (χ4v) is 2.53. The van der Waals surface area contributed by atoms with Crippen LogP contribution in [0.3, 0.4) is 0 Å². The highest BCUT2D eigenvalue weighted by molar-refractivity contribution is 6.62. The topological polar surface area (TPSA) is 72.8 Å². The van der Waals surface area contributed by atoms with Crippen LogP contribution in [0.25, 0.3) is 0 Å². The molecule has 2 N–H and O–H groups in total. The maximum absolute atomic E-state index is 8.34. The maximum atomic E-state index is 8.34. The second-order valence-electron chi connectivity index (χ2n) is 7.06. The lowest BCUT2D eigenvalue weighted by Gasteiger charge is -2.32. The van der Waals surface area contributed by atoms with Crippen molar-refractivity contribution >= 4 is 12.8 Å². The molecule has 1 unspecified atom stereocenters. The molecule has 0 aromatic rings. The monoisotopic (exact) mass is 324 g/mol. The van der Waals surface area contributed by atoms with Crippen molar-refractivity contribution in [3.8, 4) is 0 Å². The van der Waals surface area contributed by atoms with Gasteiger partial charge in [-0.15, -0.1) is 0 Å². The van der Waals surface area contributed by atoms with Crippen LogP contribution in [0.15, 0.2) is 11.7 Å². The van der Waals surface area contributed by atoms with E-state index in [4.69, 9.17) is 24.2 Å². The smallest absolute Gasteiger partial charge is 0.399 e. The van der Waals surface area contributed by atoms with Crippen molar-refractivity contribution in [3.63, 3.8) is 0 Å². The lowest BCUT2D eigenvalue weighted by Crippen LogP contribution is -2.41. The predicted molar refractivity (Wildman–Crippen MR) is 90.5 cm³/mol. The average molecular weight is 324 g/mol. The Morgan fingerprint density at radius 2 is 1.91 bits per heavy atom. The number of hydrogen-bond acceptors (Lipinski definition) is 6. The fraction of sp³-hybridized carbons (Fsp3) is 0.812. The van der Waals surface area contributed by atoms with E-state index >= 15 is 0 Å². The summed E-state index contributed by atoms with van der Waals surface area (Å²) >= 11 is 0. The van der Waals surface area contributed by atoms with Gasteiger partial charge in [-0.05, 0) is 53.2 Å². The Kier molecular flexibility index (Phi) is 5.89. The molecule has 0 saturated carbocycles. The molecular formula is C16H29BN2O4. The molecule has 0 spiro atoms. The first kappa shape index (κ1) is 18.5. The van der Waals surface area contributed by atoms with Crippen LogP contribution in [0.4, 0.5) is 0 Å². The molecule has 1 atom stereocenters. The first-order chi connectivity index (χ1) is 10.8. The number of ether oxygens (including phenoxy) is 2. The van der Waals surface area contributed by atoms with Gasteiger partial charge in [-0.2, -0.15) is 0 Å². The lowest BCUT2D eigenvalue weighted by atomic mass is 9.76. The summed E-state index contributed by atoms with van der Waals surface area (Å²) < 4.78 is 23.3. The van der Waals surface area contributed by atoms with E-state index in [1.54, 1.807) is 13.2 Å². The number of rotatable bonds is 6. The zero-order chi connectivity index (χ0) is 17.1. The largest absolute Gasteiger partial charge is 0.498 e. The maximum Gasteiger partial charge on any atom is 0.498 e. The Labute approximate surface area is 139 Å². The summed E-state index contributed by atoms with van der Waals surface area (Å²) in [4.78, 5) is 0. The summed E-state index contributed by atoms with van der Waals surface area (Å²) in [6, 6.07) is 0. The quantitative estimate of drug-likeness (QED) is 0.579. The van der Waals surface area contributed by atoms with Crippen molar-refractivity contribution < 1.29 is 18.8 Å². The minimum atomic E-state index is -0.573. The van der Waals surface area contributed by atoms with Gasteiger partial charge in [0.1, 0.15) is 0 Å². The normalized spacial score (nSPS) is 27.1. The Hall–Kier alpha value is -0.885. The molecule has 0 aliphatic carbocycles. The molecule has 6 nitrogen and oxygen atoms in total. The highest BCUT2D eigenvalue weighted by Crippen LogP contribution is 2.38. The van der Waals surface area contributed by atoms with Crippen LogP contribution in [0.2, 0.25) is 0 Å². The molecular weight excluding hydrogens is 295 g/mol. The van der Waals surface area contributed by atoms with Crippen molar-refractivity contribution in [3.05, 3.63) is 11.7 Å². The van der Waals surface area contributed by atoms with Gasteiger partial charge in [-0.3, -0.25) is 0 Å². The van der Waals surface area contributed by atoms with E-state index in [0.29, 0.717) is 11.2 Å². The van der Waals surface area contributed by atoms with Gasteiger partial charge < -0.3 is 29.5 Å². The second-order valence-corrected chi connectivity index (χ2v) is 7.06. The van der Waals surface area contributed by atoms with Crippen molar-refractivity contribution in [2.45, 2.75) is 64.4 Å². The van der Waals surface area contributed by atoms with E-state index < -0.39 is 18.3 Å². The molecule has 0 amide bonds. The van der Waals surface area contributed by atoms with Crippen molar-refractivity contribution in [1.82, 2.24) is 5.32 Å². The predicted octanol–water partition coefficient (Wildman–Crippen LogP) is 2.28. The molecule has 2 aliphatic rings. The van der Waals surface area contributed by atoms with Crippen molar-refractivity contribution in [1.29, 1.82) is 5.41 Å². The van der Waals surface area contributed by atoms with Crippen LogP contribution in [-0.4, -0.2) is 50.6 Å². The van der Waals surface area contributed by atoms with Gasteiger partial charge in [0, 0.05) is 19.1 Å². The molecule has 7 heteroatoms. The molecule has 0 aromatic heterocycles. The van der Waals surface area contributed by atoms with Gasteiger partial charge in [0.25, 0.3) is 0 Å². The molecule has 0 aromatic carbocycles. The molecule has 2 rings (SSSR count). The molecule has 23 heavy (non-hydrogen) atoms. The Balaban J connectivity index is 1.98. The van der Waals surface area contributed by atoms with E-state index in [0.717, 1.165) is 25.9 Å². The summed E-state index contributed by atoms with van der Waals surface area (Å²) in [5.74, 6) is 0. The standard InChI is InChI=1S/C16H29BN2O4/c1-15(2)16(3,4)23-17(22-15)12(10-19-5)13(18)11-21-14-8-6-7-9-20-14/h10,14,18-19H,6-9,11H2,1-5H3/b12-10+,18-13?. The van der Waals surface area contributed by atoms with Gasteiger partial charge in [-0.1, -0.05) is 0 Å². The van der Waals surface area contributed by atoms with E-state index in [1.807, 2.05) is 27.7 Å². The molecule has 2 heterocycles. The third-order valence-electron chi connectivity index (χ3n) is 4.71. The summed E-state index contributed by atoms with van der Waals surface area (Å²) in [7, 11) is 1.22. The lowest BCUT2D eigenvalue weighted by molar-refractivity contribution is -0.152. The van der Waals surface area contributed by atoms with Crippen LogP contribution in [-0.2, 0) is 18.8 Å². The molecule has 0 radical (unpaired) electrons. The zero-order valence-electron chi connectivity index (χ0n) is 14.9. The Morgan fingerprint density at radius 1 is 1.26 bits per heavy atom. The van der Waals surface area contributed by atoms with E-state index in [9.17, 15) is 0 Å². The first-order valence-corrected chi connectivity index (χ1v) is 8.31. The molecule has 130 valence electrons. The highest BCUT2D eigenvalue weighted by Gasteiger charge is 2.53.